The quantitative estimate of drug-likeness (QED) is 0.522. The molecule has 1 heteroatoms. The minimum Gasteiger partial charge on any atom is -0.0789 e. The highest BCUT2D eigenvalue weighted by atomic mass is 127. The molecule has 0 bridgehead atoms. The van der Waals surface area contributed by atoms with Crippen molar-refractivity contribution < 1.29 is 0 Å². The standard InChI is InChI=1S/C8H17I/c1-5-6-8(4,9)7(2)3/h7H,5-6H2,1-4H3. The van der Waals surface area contributed by atoms with E-state index in [1.807, 2.05) is 0 Å². The monoisotopic (exact) mass is 240 g/mol. The van der Waals surface area contributed by atoms with Crippen molar-refractivity contribution in [2.75, 3.05) is 0 Å². The molecule has 0 amide bonds. The van der Waals surface area contributed by atoms with Crippen molar-refractivity contribution in [3.63, 3.8) is 0 Å². The van der Waals surface area contributed by atoms with E-state index >= 15 is 0 Å². The summed E-state index contributed by atoms with van der Waals surface area (Å²) in [6.07, 6.45) is 2.64. The van der Waals surface area contributed by atoms with Crippen LogP contribution in [0.3, 0.4) is 0 Å². The van der Waals surface area contributed by atoms with Gasteiger partial charge in [0.1, 0.15) is 0 Å². The van der Waals surface area contributed by atoms with Gasteiger partial charge in [-0.25, -0.2) is 0 Å². The van der Waals surface area contributed by atoms with E-state index < -0.39 is 0 Å². The summed E-state index contributed by atoms with van der Waals surface area (Å²) in [6.45, 7) is 9.17. The van der Waals surface area contributed by atoms with Gasteiger partial charge < -0.3 is 0 Å². The number of hydrogen-bond acceptors (Lipinski definition) is 0. The molecule has 0 aromatic rings. The van der Waals surface area contributed by atoms with Gasteiger partial charge in [-0.1, -0.05) is 56.7 Å². The van der Waals surface area contributed by atoms with Crippen LogP contribution in [0.4, 0.5) is 0 Å². The maximum atomic E-state index is 2.57. The first kappa shape index (κ1) is 9.73. The Morgan fingerprint density at radius 1 is 1.44 bits per heavy atom. The second kappa shape index (κ2) is 3.79. The molecule has 1 unspecified atom stereocenters. The molecule has 9 heavy (non-hydrogen) atoms. The minimum absolute atomic E-state index is 0.520. The molecule has 0 aliphatic rings. The van der Waals surface area contributed by atoms with Crippen molar-refractivity contribution in [1.82, 2.24) is 0 Å². The van der Waals surface area contributed by atoms with Gasteiger partial charge in [-0.3, -0.25) is 0 Å². The SMILES string of the molecule is CCCC(C)(I)C(C)C. The van der Waals surface area contributed by atoms with Crippen molar-refractivity contribution in [3.8, 4) is 0 Å². The highest BCUT2D eigenvalue weighted by molar-refractivity contribution is 14.1. The van der Waals surface area contributed by atoms with Gasteiger partial charge in [0.25, 0.3) is 0 Å². The molecular formula is C8H17I. The number of halogens is 1. The maximum absolute atomic E-state index is 2.57. The lowest BCUT2D eigenvalue weighted by Gasteiger charge is -2.26. The summed E-state index contributed by atoms with van der Waals surface area (Å²) < 4.78 is 0.520. The molecule has 0 rings (SSSR count). The molecule has 0 radical (unpaired) electrons. The van der Waals surface area contributed by atoms with Crippen LogP contribution < -0.4 is 0 Å². The molecule has 0 nitrogen and oxygen atoms in total. The summed E-state index contributed by atoms with van der Waals surface area (Å²) in [5.41, 5.74) is 0. The van der Waals surface area contributed by atoms with Crippen LogP contribution in [0.2, 0.25) is 0 Å². The van der Waals surface area contributed by atoms with Crippen LogP contribution in [0, 0.1) is 5.92 Å². The van der Waals surface area contributed by atoms with Crippen LogP contribution in [0.15, 0.2) is 0 Å². The normalized spacial score (nSPS) is 18.0. The third-order valence-electron chi connectivity index (χ3n) is 1.94. The second-order valence-electron chi connectivity index (χ2n) is 3.18. The zero-order valence-corrected chi connectivity index (χ0v) is 9.03. The fraction of sp³-hybridized carbons (Fsp3) is 1.00. The topological polar surface area (TPSA) is 0 Å². The lowest BCUT2D eigenvalue weighted by molar-refractivity contribution is 0.457. The van der Waals surface area contributed by atoms with Crippen LogP contribution in [0.25, 0.3) is 0 Å². The van der Waals surface area contributed by atoms with Gasteiger partial charge in [0, 0.05) is 3.42 Å². The Kier molecular flexibility index (Phi) is 4.10. The summed E-state index contributed by atoms with van der Waals surface area (Å²) in [6, 6.07) is 0. The Morgan fingerprint density at radius 3 is 2.00 bits per heavy atom. The highest BCUT2D eigenvalue weighted by Gasteiger charge is 2.22. The van der Waals surface area contributed by atoms with E-state index in [1.54, 1.807) is 0 Å². The molecule has 1 atom stereocenters. The Bertz CT molecular complexity index is 74.6. The van der Waals surface area contributed by atoms with Crippen molar-refractivity contribution in [2.24, 2.45) is 5.92 Å². The molecule has 0 heterocycles. The molecule has 0 saturated heterocycles. The predicted molar refractivity (Wildman–Crippen MR) is 52.2 cm³/mol. The molecule has 0 aromatic heterocycles. The third-order valence-corrected chi connectivity index (χ3v) is 3.73. The first-order valence-corrected chi connectivity index (χ1v) is 4.77. The van der Waals surface area contributed by atoms with Gasteiger partial charge in [0.05, 0.1) is 0 Å². The third kappa shape index (κ3) is 3.43. The smallest absolute Gasteiger partial charge is 0.0217 e. The van der Waals surface area contributed by atoms with E-state index in [0.717, 1.165) is 5.92 Å². The van der Waals surface area contributed by atoms with E-state index in [2.05, 4.69) is 50.3 Å². The zero-order chi connectivity index (χ0) is 7.49. The summed E-state index contributed by atoms with van der Waals surface area (Å²) >= 11 is 2.57. The average Bonchev–Trinajstić information content (AvgIpc) is 1.65. The molecule has 0 aliphatic heterocycles. The number of hydrogen-bond donors (Lipinski definition) is 0. The number of rotatable bonds is 3. The van der Waals surface area contributed by atoms with Gasteiger partial charge >= 0.3 is 0 Å². The lowest BCUT2D eigenvalue weighted by atomic mass is 9.94. The molecule has 0 spiro atoms. The fourth-order valence-corrected chi connectivity index (χ4v) is 1.32. The highest BCUT2D eigenvalue weighted by Crippen LogP contribution is 2.32. The van der Waals surface area contributed by atoms with E-state index in [-0.39, 0.29) is 0 Å². The molecule has 0 saturated carbocycles. The van der Waals surface area contributed by atoms with Gasteiger partial charge in [-0.2, -0.15) is 0 Å². The van der Waals surface area contributed by atoms with Gasteiger partial charge in [0.15, 0.2) is 0 Å². The second-order valence-corrected chi connectivity index (χ2v) is 5.65. The van der Waals surface area contributed by atoms with Gasteiger partial charge in [-0.05, 0) is 12.3 Å². The van der Waals surface area contributed by atoms with E-state index in [9.17, 15) is 0 Å². The molecule has 0 fully saturated rings. The fourth-order valence-electron chi connectivity index (χ4n) is 0.778. The molecule has 0 aromatic carbocycles. The molecule has 0 N–H and O–H groups in total. The Morgan fingerprint density at radius 2 is 1.89 bits per heavy atom. The molecular weight excluding hydrogens is 223 g/mol. The van der Waals surface area contributed by atoms with Crippen LogP contribution in [-0.4, -0.2) is 3.42 Å². The lowest BCUT2D eigenvalue weighted by Crippen LogP contribution is -2.22. The first-order chi connectivity index (χ1) is 4.00. The van der Waals surface area contributed by atoms with E-state index in [4.69, 9.17) is 0 Å². The van der Waals surface area contributed by atoms with Crippen molar-refractivity contribution in [2.45, 2.75) is 44.0 Å². The minimum atomic E-state index is 0.520. The zero-order valence-electron chi connectivity index (χ0n) is 6.87. The van der Waals surface area contributed by atoms with Gasteiger partial charge in [-0.15, -0.1) is 0 Å². The van der Waals surface area contributed by atoms with E-state index in [0.29, 0.717) is 3.42 Å². The first-order valence-electron chi connectivity index (χ1n) is 3.69. The molecule has 56 valence electrons. The summed E-state index contributed by atoms with van der Waals surface area (Å²) in [7, 11) is 0. The Hall–Kier alpha value is 0.730. The van der Waals surface area contributed by atoms with Crippen LogP contribution in [-0.2, 0) is 0 Å². The summed E-state index contributed by atoms with van der Waals surface area (Å²) in [5, 5.41) is 0. The maximum Gasteiger partial charge on any atom is 0.0217 e. The van der Waals surface area contributed by atoms with E-state index in [1.165, 1.54) is 12.8 Å². The summed E-state index contributed by atoms with van der Waals surface area (Å²) in [5.74, 6) is 0.804. The van der Waals surface area contributed by atoms with Crippen LogP contribution in [0.5, 0.6) is 0 Å². The van der Waals surface area contributed by atoms with Crippen molar-refractivity contribution >= 4 is 22.6 Å². The summed E-state index contributed by atoms with van der Waals surface area (Å²) in [4.78, 5) is 0. The number of alkyl halides is 1. The largest absolute Gasteiger partial charge is 0.0789 e. The Balaban J connectivity index is 3.70. The van der Waals surface area contributed by atoms with Crippen LogP contribution >= 0.6 is 22.6 Å². The predicted octanol–water partition coefficient (Wildman–Crippen LogP) is 3.64. The van der Waals surface area contributed by atoms with Crippen molar-refractivity contribution in [1.29, 1.82) is 0 Å². The van der Waals surface area contributed by atoms with Crippen LogP contribution in [0.1, 0.15) is 40.5 Å². The Labute approximate surface area is 72.6 Å². The van der Waals surface area contributed by atoms with Crippen molar-refractivity contribution in [3.05, 3.63) is 0 Å². The average molecular weight is 240 g/mol. The van der Waals surface area contributed by atoms with Gasteiger partial charge in [0.2, 0.25) is 0 Å². The molecule has 0 aliphatic carbocycles.